The molecule has 0 unspecified atom stereocenters. The van der Waals surface area contributed by atoms with Gasteiger partial charge in [0.2, 0.25) is 5.91 Å². The quantitative estimate of drug-likeness (QED) is 0.831. The fourth-order valence-corrected chi connectivity index (χ4v) is 2.79. The van der Waals surface area contributed by atoms with Crippen molar-refractivity contribution in [3.05, 3.63) is 36.0 Å². The van der Waals surface area contributed by atoms with Gasteiger partial charge in [0, 0.05) is 37.3 Å². The third kappa shape index (κ3) is 3.13. The van der Waals surface area contributed by atoms with E-state index in [1.54, 1.807) is 36.3 Å². The number of carbonyl (C=O) groups is 2. The summed E-state index contributed by atoms with van der Waals surface area (Å²) in [5.74, 6) is -0.0692. The molecule has 2 amide bonds. The second kappa shape index (κ2) is 6.54. The molecule has 7 heteroatoms. The molecular weight excluding hydrogens is 306 g/mol. The fourth-order valence-electron chi connectivity index (χ4n) is 2.79. The van der Waals surface area contributed by atoms with Crippen LogP contribution in [0, 0.1) is 17.4 Å². The molecule has 1 aromatic carbocycles. The molecule has 1 aromatic heterocycles. The normalized spacial score (nSPS) is 16.7. The van der Waals surface area contributed by atoms with Gasteiger partial charge in [-0.3, -0.25) is 9.59 Å². The van der Waals surface area contributed by atoms with Gasteiger partial charge >= 0.3 is 0 Å². The summed E-state index contributed by atoms with van der Waals surface area (Å²) in [6, 6.07) is 7.06. The predicted molar refractivity (Wildman–Crippen MR) is 89.1 cm³/mol. The molecule has 2 heterocycles. The first-order valence-electron chi connectivity index (χ1n) is 7.68. The first-order valence-corrected chi connectivity index (χ1v) is 7.68. The number of amides is 2. The SMILES string of the molecule is CNC(=O)c1ccc2cnc(NC(=O)[C@H]3CCN(C#N)C3)cc2c1. The molecule has 122 valence electrons. The van der Waals surface area contributed by atoms with Crippen LogP contribution < -0.4 is 10.6 Å². The summed E-state index contributed by atoms with van der Waals surface area (Å²) in [6.45, 7) is 1.05. The van der Waals surface area contributed by atoms with Gasteiger partial charge in [0.1, 0.15) is 5.82 Å². The van der Waals surface area contributed by atoms with Crippen molar-refractivity contribution in [2.75, 3.05) is 25.5 Å². The Bertz CT molecular complexity index is 842. The summed E-state index contributed by atoms with van der Waals surface area (Å²) in [5, 5.41) is 16.0. The van der Waals surface area contributed by atoms with Crippen molar-refractivity contribution in [2.45, 2.75) is 6.42 Å². The fraction of sp³-hybridized carbons (Fsp3) is 0.294. The number of likely N-dealkylation sites (tertiary alicyclic amines) is 1. The highest BCUT2D eigenvalue weighted by Crippen LogP contribution is 2.21. The van der Waals surface area contributed by atoms with E-state index >= 15 is 0 Å². The minimum Gasteiger partial charge on any atom is -0.355 e. The minimum atomic E-state index is -0.209. The summed E-state index contributed by atoms with van der Waals surface area (Å²) in [7, 11) is 1.58. The third-order valence-electron chi connectivity index (χ3n) is 4.16. The topological polar surface area (TPSA) is 98.1 Å². The largest absolute Gasteiger partial charge is 0.355 e. The van der Waals surface area contributed by atoms with Gasteiger partial charge in [0.25, 0.3) is 5.91 Å². The Kier molecular flexibility index (Phi) is 4.29. The van der Waals surface area contributed by atoms with E-state index in [1.807, 2.05) is 6.07 Å². The maximum atomic E-state index is 12.3. The molecule has 1 saturated heterocycles. The Hall–Kier alpha value is -3.14. The second-order valence-electron chi connectivity index (χ2n) is 5.73. The Morgan fingerprint density at radius 1 is 1.33 bits per heavy atom. The lowest BCUT2D eigenvalue weighted by Gasteiger charge is -2.11. The van der Waals surface area contributed by atoms with Crippen LogP contribution in [0.25, 0.3) is 10.8 Å². The molecule has 1 atom stereocenters. The monoisotopic (exact) mass is 323 g/mol. The maximum Gasteiger partial charge on any atom is 0.251 e. The molecule has 0 spiro atoms. The first-order chi connectivity index (χ1) is 11.6. The number of anilines is 1. The van der Waals surface area contributed by atoms with Gasteiger partial charge < -0.3 is 15.5 Å². The van der Waals surface area contributed by atoms with Gasteiger partial charge in [-0.2, -0.15) is 5.26 Å². The average Bonchev–Trinajstić information content (AvgIpc) is 3.09. The van der Waals surface area contributed by atoms with E-state index in [2.05, 4.69) is 21.8 Å². The lowest BCUT2D eigenvalue weighted by atomic mass is 10.1. The molecule has 24 heavy (non-hydrogen) atoms. The van der Waals surface area contributed by atoms with Crippen molar-refractivity contribution in [1.29, 1.82) is 5.26 Å². The number of hydrogen-bond donors (Lipinski definition) is 2. The summed E-state index contributed by atoms with van der Waals surface area (Å²) in [5.41, 5.74) is 0.550. The van der Waals surface area contributed by atoms with Gasteiger partial charge in [-0.15, -0.1) is 0 Å². The van der Waals surface area contributed by atoms with Crippen LogP contribution in [0.3, 0.4) is 0 Å². The van der Waals surface area contributed by atoms with Crippen LogP contribution in [0.1, 0.15) is 16.8 Å². The molecule has 1 aliphatic heterocycles. The zero-order valence-corrected chi connectivity index (χ0v) is 13.2. The number of nitriles is 1. The minimum absolute atomic E-state index is 0.137. The highest BCUT2D eigenvalue weighted by Gasteiger charge is 2.27. The number of aromatic nitrogens is 1. The molecular formula is C17H17N5O2. The van der Waals surface area contributed by atoms with Crippen molar-refractivity contribution < 1.29 is 9.59 Å². The zero-order valence-electron chi connectivity index (χ0n) is 13.2. The highest BCUT2D eigenvalue weighted by molar-refractivity contribution is 5.99. The first kappa shape index (κ1) is 15.7. The zero-order chi connectivity index (χ0) is 17.1. The van der Waals surface area contributed by atoms with Crippen LogP contribution in [0.4, 0.5) is 5.82 Å². The third-order valence-corrected chi connectivity index (χ3v) is 4.16. The van der Waals surface area contributed by atoms with Gasteiger partial charge in [0.15, 0.2) is 6.19 Å². The molecule has 7 nitrogen and oxygen atoms in total. The highest BCUT2D eigenvalue weighted by atomic mass is 16.2. The lowest BCUT2D eigenvalue weighted by Crippen LogP contribution is -2.25. The van der Waals surface area contributed by atoms with Crippen molar-refractivity contribution >= 4 is 28.4 Å². The van der Waals surface area contributed by atoms with E-state index < -0.39 is 0 Å². The van der Waals surface area contributed by atoms with Crippen molar-refractivity contribution in [3.8, 4) is 6.19 Å². The number of hydrogen-bond acceptors (Lipinski definition) is 5. The van der Waals surface area contributed by atoms with Crippen molar-refractivity contribution in [3.63, 3.8) is 0 Å². The molecule has 3 rings (SSSR count). The molecule has 0 saturated carbocycles. The summed E-state index contributed by atoms with van der Waals surface area (Å²) in [4.78, 5) is 29.8. The Morgan fingerprint density at radius 2 is 2.17 bits per heavy atom. The van der Waals surface area contributed by atoms with E-state index in [0.717, 1.165) is 10.8 Å². The molecule has 1 fully saturated rings. The van der Waals surface area contributed by atoms with Crippen molar-refractivity contribution in [1.82, 2.24) is 15.2 Å². The molecule has 0 bridgehead atoms. The van der Waals surface area contributed by atoms with E-state index in [0.29, 0.717) is 30.9 Å². The molecule has 2 N–H and O–H groups in total. The van der Waals surface area contributed by atoms with Crippen molar-refractivity contribution in [2.24, 2.45) is 5.92 Å². The predicted octanol–water partition coefficient (Wildman–Crippen LogP) is 1.34. The van der Waals surface area contributed by atoms with Crippen LogP contribution >= 0.6 is 0 Å². The van der Waals surface area contributed by atoms with Gasteiger partial charge in [-0.05, 0) is 30.0 Å². The number of nitrogens with zero attached hydrogens (tertiary/aromatic N) is 3. The standard InChI is InChI=1S/C17H17N5O2/c1-19-16(23)11-2-3-12-8-20-15(7-14(12)6-11)21-17(24)13-4-5-22(9-13)10-18/h2-3,6-8,13H,4-5,9H2,1H3,(H,19,23)(H,20,21,24)/t13-/m0/s1. The number of rotatable bonds is 3. The van der Waals surface area contributed by atoms with E-state index in [-0.39, 0.29) is 17.7 Å². The van der Waals surface area contributed by atoms with E-state index in [1.165, 1.54) is 0 Å². The smallest absolute Gasteiger partial charge is 0.251 e. The Labute approximate surface area is 139 Å². The van der Waals surface area contributed by atoms with Crippen LogP contribution in [-0.4, -0.2) is 41.8 Å². The van der Waals surface area contributed by atoms with Gasteiger partial charge in [-0.25, -0.2) is 4.98 Å². The molecule has 0 aliphatic carbocycles. The number of nitrogens with one attached hydrogen (secondary N) is 2. The number of pyridine rings is 1. The summed E-state index contributed by atoms with van der Waals surface area (Å²) in [6.07, 6.45) is 4.38. The summed E-state index contributed by atoms with van der Waals surface area (Å²) >= 11 is 0. The van der Waals surface area contributed by atoms with Gasteiger partial charge in [-0.1, -0.05) is 6.07 Å². The second-order valence-corrected chi connectivity index (χ2v) is 5.73. The number of carbonyl (C=O) groups excluding carboxylic acids is 2. The van der Waals surface area contributed by atoms with Crippen LogP contribution in [0.15, 0.2) is 30.5 Å². The maximum absolute atomic E-state index is 12.3. The van der Waals surface area contributed by atoms with Crippen LogP contribution in [-0.2, 0) is 4.79 Å². The Balaban J connectivity index is 1.79. The molecule has 2 aromatic rings. The lowest BCUT2D eigenvalue weighted by molar-refractivity contribution is -0.119. The van der Waals surface area contributed by atoms with E-state index in [9.17, 15) is 9.59 Å². The average molecular weight is 323 g/mol. The number of fused-ring (bicyclic) bond motifs is 1. The molecule has 1 aliphatic rings. The molecule has 0 radical (unpaired) electrons. The summed E-state index contributed by atoms with van der Waals surface area (Å²) < 4.78 is 0. The van der Waals surface area contributed by atoms with Crippen LogP contribution in [0.2, 0.25) is 0 Å². The van der Waals surface area contributed by atoms with E-state index in [4.69, 9.17) is 5.26 Å². The van der Waals surface area contributed by atoms with Gasteiger partial charge in [0.05, 0.1) is 5.92 Å². The Morgan fingerprint density at radius 3 is 2.88 bits per heavy atom. The number of benzene rings is 1. The van der Waals surface area contributed by atoms with Crippen LogP contribution in [0.5, 0.6) is 0 Å².